The lowest BCUT2D eigenvalue weighted by Gasteiger charge is -2.26. The van der Waals surface area contributed by atoms with Gasteiger partial charge in [0.1, 0.15) is 0 Å². The van der Waals surface area contributed by atoms with Crippen LogP contribution in [0.5, 0.6) is 0 Å². The fourth-order valence-corrected chi connectivity index (χ4v) is 2.94. The monoisotopic (exact) mass is 203 g/mol. The molecule has 0 bridgehead atoms. The number of nitrogens with zero attached hydrogens (tertiary/aromatic N) is 1. The Morgan fingerprint density at radius 1 is 1.20 bits per heavy atom. The highest BCUT2D eigenvalue weighted by molar-refractivity contribution is 5.22. The maximum absolute atomic E-state index is 2.62. The third-order valence-corrected chi connectivity index (χ3v) is 3.71. The SMILES string of the molecule is CCC1C(c2ccccc2)CCN1CC. The van der Waals surface area contributed by atoms with Crippen molar-refractivity contribution in [2.24, 2.45) is 0 Å². The molecule has 1 aliphatic heterocycles. The minimum absolute atomic E-state index is 0.760. The highest BCUT2D eigenvalue weighted by Gasteiger charge is 2.32. The molecule has 2 rings (SSSR count). The van der Waals surface area contributed by atoms with Gasteiger partial charge < -0.3 is 4.90 Å². The molecule has 0 radical (unpaired) electrons. The molecule has 0 amide bonds. The van der Waals surface area contributed by atoms with Gasteiger partial charge in [0.2, 0.25) is 0 Å². The smallest absolute Gasteiger partial charge is 0.0162 e. The number of likely N-dealkylation sites (N-methyl/N-ethyl adjacent to an activating group) is 1. The molecule has 2 atom stereocenters. The summed E-state index contributed by atoms with van der Waals surface area (Å²) in [5, 5.41) is 0. The van der Waals surface area contributed by atoms with Gasteiger partial charge in [0.05, 0.1) is 0 Å². The van der Waals surface area contributed by atoms with Crippen molar-refractivity contribution in [1.82, 2.24) is 4.90 Å². The first-order chi connectivity index (χ1) is 7.36. The summed E-state index contributed by atoms with van der Waals surface area (Å²) in [5.41, 5.74) is 1.53. The largest absolute Gasteiger partial charge is 0.300 e. The maximum Gasteiger partial charge on any atom is 0.0162 e. The van der Waals surface area contributed by atoms with Crippen LogP contribution in [0.4, 0.5) is 0 Å². The Hall–Kier alpha value is -0.820. The number of benzene rings is 1. The standard InChI is InChI=1S/C14H21N/c1-3-14-13(10-11-15(14)4-2)12-8-6-5-7-9-12/h5-9,13-14H,3-4,10-11H2,1-2H3. The fourth-order valence-electron chi connectivity index (χ4n) is 2.94. The minimum atomic E-state index is 0.760. The molecule has 2 unspecified atom stereocenters. The first-order valence-corrected chi connectivity index (χ1v) is 6.15. The highest BCUT2D eigenvalue weighted by Crippen LogP contribution is 2.34. The lowest BCUT2D eigenvalue weighted by Crippen LogP contribution is -2.31. The van der Waals surface area contributed by atoms with E-state index in [9.17, 15) is 0 Å². The summed E-state index contributed by atoms with van der Waals surface area (Å²) in [6.07, 6.45) is 2.60. The molecule has 0 N–H and O–H groups in total. The van der Waals surface area contributed by atoms with Crippen molar-refractivity contribution < 1.29 is 0 Å². The van der Waals surface area contributed by atoms with Crippen LogP contribution >= 0.6 is 0 Å². The molecule has 0 saturated carbocycles. The molecule has 1 aliphatic rings. The predicted molar refractivity (Wildman–Crippen MR) is 65.1 cm³/mol. The quantitative estimate of drug-likeness (QED) is 0.728. The van der Waals surface area contributed by atoms with Gasteiger partial charge in [-0.15, -0.1) is 0 Å². The second-order valence-electron chi connectivity index (χ2n) is 4.41. The number of hydrogen-bond donors (Lipinski definition) is 0. The van der Waals surface area contributed by atoms with Crippen molar-refractivity contribution in [2.45, 2.75) is 38.6 Å². The Kier molecular flexibility index (Phi) is 3.42. The van der Waals surface area contributed by atoms with Gasteiger partial charge in [-0.2, -0.15) is 0 Å². The topological polar surface area (TPSA) is 3.24 Å². The zero-order valence-electron chi connectivity index (χ0n) is 9.82. The van der Waals surface area contributed by atoms with E-state index in [0.717, 1.165) is 12.0 Å². The Labute approximate surface area is 93.1 Å². The Morgan fingerprint density at radius 2 is 1.93 bits per heavy atom. The molecular formula is C14H21N. The molecule has 0 aromatic heterocycles. The van der Waals surface area contributed by atoms with E-state index in [1.807, 2.05) is 0 Å². The normalized spacial score (nSPS) is 27.1. The summed E-state index contributed by atoms with van der Waals surface area (Å²) in [6.45, 7) is 7.06. The zero-order valence-corrected chi connectivity index (χ0v) is 9.82. The average Bonchev–Trinajstić information content (AvgIpc) is 2.72. The molecule has 82 valence electrons. The van der Waals surface area contributed by atoms with E-state index in [1.54, 1.807) is 0 Å². The van der Waals surface area contributed by atoms with Crippen LogP contribution in [0.2, 0.25) is 0 Å². The van der Waals surface area contributed by atoms with E-state index < -0.39 is 0 Å². The van der Waals surface area contributed by atoms with Crippen molar-refractivity contribution in [3.8, 4) is 0 Å². The number of likely N-dealkylation sites (tertiary alicyclic amines) is 1. The highest BCUT2D eigenvalue weighted by atomic mass is 15.2. The summed E-state index contributed by atoms with van der Waals surface area (Å²) >= 11 is 0. The van der Waals surface area contributed by atoms with E-state index in [-0.39, 0.29) is 0 Å². The molecule has 1 nitrogen and oxygen atoms in total. The summed E-state index contributed by atoms with van der Waals surface area (Å²) in [6, 6.07) is 11.8. The molecular weight excluding hydrogens is 182 g/mol. The van der Waals surface area contributed by atoms with Gasteiger partial charge in [-0.1, -0.05) is 44.2 Å². The van der Waals surface area contributed by atoms with Crippen LogP contribution in [0.3, 0.4) is 0 Å². The van der Waals surface area contributed by atoms with Gasteiger partial charge >= 0.3 is 0 Å². The fraction of sp³-hybridized carbons (Fsp3) is 0.571. The predicted octanol–water partition coefficient (Wildman–Crippen LogP) is 3.27. The molecule has 1 fully saturated rings. The third kappa shape index (κ3) is 2.07. The van der Waals surface area contributed by atoms with Gasteiger partial charge in [0.25, 0.3) is 0 Å². The molecule has 1 saturated heterocycles. The van der Waals surface area contributed by atoms with Crippen LogP contribution in [0, 0.1) is 0 Å². The second-order valence-corrected chi connectivity index (χ2v) is 4.41. The van der Waals surface area contributed by atoms with Crippen molar-refractivity contribution in [1.29, 1.82) is 0 Å². The van der Waals surface area contributed by atoms with E-state index in [1.165, 1.54) is 31.5 Å². The lowest BCUT2D eigenvalue weighted by atomic mass is 9.90. The van der Waals surface area contributed by atoms with Crippen LogP contribution in [-0.4, -0.2) is 24.0 Å². The molecule has 1 aromatic rings. The van der Waals surface area contributed by atoms with Crippen LogP contribution in [-0.2, 0) is 0 Å². The minimum Gasteiger partial charge on any atom is -0.300 e. The van der Waals surface area contributed by atoms with Gasteiger partial charge in [0, 0.05) is 12.0 Å². The van der Waals surface area contributed by atoms with Crippen LogP contribution < -0.4 is 0 Å². The molecule has 1 aromatic carbocycles. The number of hydrogen-bond acceptors (Lipinski definition) is 1. The van der Waals surface area contributed by atoms with E-state index in [2.05, 4.69) is 49.1 Å². The summed E-state index contributed by atoms with van der Waals surface area (Å²) in [5.74, 6) is 0.760. The summed E-state index contributed by atoms with van der Waals surface area (Å²) in [7, 11) is 0. The van der Waals surface area contributed by atoms with Crippen LogP contribution in [0.15, 0.2) is 30.3 Å². The first kappa shape index (κ1) is 10.7. The second kappa shape index (κ2) is 4.80. The molecule has 1 heterocycles. The average molecular weight is 203 g/mol. The zero-order chi connectivity index (χ0) is 10.7. The Bertz CT molecular complexity index is 293. The molecule has 1 heteroatoms. The Balaban J connectivity index is 2.17. The lowest BCUT2D eigenvalue weighted by molar-refractivity contribution is 0.251. The van der Waals surface area contributed by atoms with E-state index in [0.29, 0.717) is 0 Å². The van der Waals surface area contributed by atoms with Crippen LogP contribution in [0.1, 0.15) is 38.2 Å². The van der Waals surface area contributed by atoms with Gasteiger partial charge in [0.15, 0.2) is 0 Å². The summed E-state index contributed by atoms with van der Waals surface area (Å²) < 4.78 is 0. The van der Waals surface area contributed by atoms with Gasteiger partial charge in [-0.3, -0.25) is 0 Å². The summed E-state index contributed by atoms with van der Waals surface area (Å²) in [4.78, 5) is 2.62. The van der Waals surface area contributed by atoms with Gasteiger partial charge in [-0.05, 0) is 31.5 Å². The van der Waals surface area contributed by atoms with Crippen LogP contribution in [0.25, 0.3) is 0 Å². The van der Waals surface area contributed by atoms with Gasteiger partial charge in [-0.25, -0.2) is 0 Å². The van der Waals surface area contributed by atoms with Crippen molar-refractivity contribution >= 4 is 0 Å². The maximum atomic E-state index is 2.62. The molecule has 15 heavy (non-hydrogen) atoms. The van der Waals surface area contributed by atoms with Crippen molar-refractivity contribution in [3.05, 3.63) is 35.9 Å². The molecule has 0 spiro atoms. The molecule has 0 aliphatic carbocycles. The van der Waals surface area contributed by atoms with Crippen molar-refractivity contribution in [2.75, 3.05) is 13.1 Å². The van der Waals surface area contributed by atoms with E-state index in [4.69, 9.17) is 0 Å². The third-order valence-electron chi connectivity index (χ3n) is 3.71. The Morgan fingerprint density at radius 3 is 2.53 bits per heavy atom. The first-order valence-electron chi connectivity index (χ1n) is 6.15. The van der Waals surface area contributed by atoms with Crippen molar-refractivity contribution in [3.63, 3.8) is 0 Å². The number of rotatable bonds is 3. The van der Waals surface area contributed by atoms with E-state index >= 15 is 0 Å².